The number of anilines is 1. The lowest BCUT2D eigenvalue weighted by molar-refractivity contribution is 0.0937. The van der Waals surface area contributed by atoms with E-state index in [0.717, 1.165) is 6.42 Å². The molecule has 4 rings (SSSR count). The van der Waals surface area contributed by atoms with E-state index < -0.39 is 33.5 Å². The standard InChI is InChI=1S/C18H19NO5S2/c20-25-23-17-13-7-12-16(18(17)24-25)19(14-8-3-1-4-9-14)26(21,22)15-10-5-2-6-11-15/h1-6,8-11,16-18H,7,12-13H2/t16-,17-,18+,25?/m1/s1. The van der Waals surface area contributed by atoms with Gasteiger partial charge >= 0.3 is 11.4 Å². The van der Waals surface area contributed by atoms with Crippen LogP contribution in [0.1, 0.15) is 19.3 Å². The molecule has 6 nitrogen and oxygen atoms in total. The molecule has 26 heavy (non-hydrogen) atoms. The average molecular weight is 393 g/mol. The summed E-state index contributed by atoms with van der Waals surface area (Å²) in [5, 5.41) is 0. The lowest BCUT2D eigenvalue weighted by Gasteiger charge is -2.39. The average Bonchev–Trinajstić information content (AvgIpc) is 3.04. The summed E-state index contributed by atoms with van der Waals surface area (Å²) in [4.78, 5) is 0.214. The molecule has 2 aromatic rings. The predicted octanol–water partition coefficient (Wildman–Crippen LogP) is 2.80. The van der Waals surface area contributed by atoms with Crippen molar-refractivity contribution in [3.63, 3.8) is 0 Å². The third-order valence-corrected chi connectivity index (χ3v) is 7.39. The van der Waals surface area contributed by atoms with Gasteiger partial charge in [0.1, 0.15) is 12.2 Å². The van der Waals surface area contributed by atoms with Gasteiger partial charge in [-0.15, -0.1) is 0 Å². The van der Waals surface area contributed by atoms with Crippen LogP contribution >= 0.6 is 0 Å². The minimum absolute atomic E-state index is 0.214. The second kappa shape index (κ2) is 7.11. The van der Waals surface area contributed by atoms with E-state index in [-0.39, 0.29) is 11.0 Å². The van der Waals surface area contributed by atoms with Gasteiger partial charge in [0, 0.05) is 0 Å². The number of fused-ring (bicyclic) bond motifs is 1. The van der Waals surface area contributed by atoms with Crippen LogP contribution in [-0.4, -0.2) is 30.9 Å². The number of hydrogen-bond acceptors (Lipinski definition) is 5. The first-order valence-electron chi connectivity index (χ1n) is 8.48. The predicted molar refractivity (Wildman–Crippen MR) is 98.1 cm³/mol. The summed E-state index contributed by atoms with van der Waals surface area (Å²) in [7, 11) is -3.81. The number of para-hydroxylation sites is 1. The Kier molecular flexibility index (Phi) is 4.83. The van der Waals surface area contributed by atoms with Gasteiger partial charge < -0.3 is 0 Å². The van der Waals surface area contributed by atoms with Gasteiger partial charge in [-0.2, -0.15) is 4.21 Å². The number of rotatable bonds is 4. The van der Waals surface area contributed by atoms with E-state index in [9.17, 15) is 12.6 Å². The molecule has 1 aliphatic carbocycles. The first-order valence-corrected chi connectivity index (χ1v) is 10.9. The zero-order chi connectivity index (χ0) is 18.1. The molecule has 0 amide bonds. The van der Waals surface area contributed by atoms with E-state index in [2.05, 4.69) is 0 Å². The fourth-order valence-corrected chi connectivity index (χ4v) is 6.18. The van der Waals surface area contributed by atoms with Crippen molar-refractivity contribution >= 4 is 27.1 Å². The van der Waals surface area contributed by atoms with Crippen molar-refractivity contribution in [2.45, 2.75) is 42.4 Å². The van der Waals surface area contributed by atoms with Crippen LogP contribution in [0.4, 0.5) is 5.69 Å². The fourth-order valence-electron chi connectivity index (χ4n) is 3.59. The smallest absolute Gasteiger partial charge is 0.262 e. The Bertz CT molecular complexity index is 888. The van der Waals surface area contributed by atoms with E-state index in [1.165, 1.54) is 4.31 Å². The first kappa shape index (κ1) is 17.7. The van der Waals surface area contributed by atoms with Crippen molar-refractivity contribution in [1.82, 2.24) is 0 Å². The fraction of sp³-hybridized carbons (Fsp3) is 0.333. The highest BCUT2D eigenvalue weighted by Gasteiger charge is 2.48. The zero-order valence-corrected chi connectivity index (χ0v) is 15.6. The maximum Gasteiger partial charge on any atom is 0.305 e. The summed E-state index contributed by atoms with van der Waals surface area (Å²) in [6.45, 7) is 0. The van der Waals surface area contributed by atoms with Gasteiger partial charge in [-0.1, -0.05) is 36.4 Å². The molecule has 1 saturated heterocycles. The molecule has 0 radical (unpaired) electrons. The molecular formula is C18H19NO5S2. The van der Waals surface area contributed by atoms with E-state index >= 15 is 0 Å². The number of sulfonamides is 1. The maximum atomic E-state index is 13.5. The van der Waals surface area contributed by atoms with Crippen LogP contribution in [0, 0.1) is 0 Å². The second-order valence-electron chi connectivity index (χ2n) is 6.35. The first-order chi connectivity index (χ1) is 12.6. The normalized spacial score (nSPS) is 28.5. The summed E-state index contributed by atoms with van der Waals surface area (Å²) in [5.74, 6) is 0. The van der Waals surface area contributed by atoms with E-state index in [1.807, 2.05) is 6.07 Å². The number of hydrogen-bond donors (Lipinski definition) is 0. The lowest BCUT2D eigenvalue weighted by atomic mass is 9.90. The molecule has 0 aromatic heterocycles. The third-order valence-electron chi connectivity index (χ3n) is 4.74. The highest BCUT2D eigenvalue weighted by Crippen LogP contribution is 2.38. The second-order valence-corrected chi connectivity index (χ2v) is 8.96. The Morgan fingerprint density at radius 3 is 2.27 bits per heavy atom. The Morgan fingerprint density at radius 2 is 1.58 bits per heavy atom. The molecule has 8 heteroatoms. The monoisotopic (exact) mass is 393 g/mol. The van der Waals surface area contributed by atoms with Crippen molar-refractivity contribution in [3.05, 3.63) is 60.7 Å². The molecule has 1 unspecified atom stereocenters. The molecule has 1 heterocycles. The zero-order valence-electron chi connectivity index (χ0n) is 13.9. The topological polar surface area (TPSA) is 72.9 Å². The largest absolute Gasteiger partial charge is 0.305 e. The van der Waals surface area contributed by atoms with Crippen LogP contribution < -0.4 is 4.31 Å². The molecular weight excluding hydrogens is 374 g/mol. The van der Waals surface area contributed by atoms with E-state index in [4.69, 9.17) is 8.37 Å². The minimum Gasteiger partial charge on any atom is -0.262 e. The minimum atomic E-state index is -3.81. The number of nitrogens with zero attached hydrogens (tertiary/aromatic N) is 1. The highest BCUT2D eigenvalue weighted by atomic mass is 32.2. The van der Waals surface area contributed by atoms with Crippen molar-refractivity contribution < 1.29 is 21.0 Å². The Balaban J connectivity index is 1.81. The van der Waals surface area contributed by atoms with Gasteiger partial charge in [0.15, 0.2) is 0 Å². The van der Waals surface area contributed by atoms with Gasteiger partial charge in [-0.05, 0) is 43.5 Å². The summed E-state index contributed by atoms with van der Waals surface area (Å²) in [5.41, 5.74) is 0.559. The summed E-state index contributed by atoms with van der Waals surface area (Å²) in [6.07, 6.45) is 1.19. The number of benzene rings is 2. The molecule has 1 aliphatic heterocycles. The Morgan fingerprint density at radius 1 is 0.923 bits per heavy atom. The van der Waals surface area contributed by atoms with Crippen molar-refractivity contribution in [2.24, 2.45) is 0 Å². The summed E-state index contributed by atoms with van der Waals surface area (Å²) in [6, 6.07) is 16.8. The maximum absolute atomic E-state index is 13.5. The molecule has 2 aliphatic rings. The molecule has 138 valence electrons. The molecule has 0 N–H and O–H groups in total. The summed E-state index contributed by atoms with van der Waals surface area (Å²) >= 11 is -1.83. The molecule has 0 spiro atoms. The van der Waals surface area contributed by atoms with Crippen LogP contribution in [-0.2, 0) is 29.8 Å². The highest BCUT2D eigenvalue weighted by molar-refractivity contribution is 7.92. The van der Waals surface area contributed by atoms with Crippen LogP contribution in [0.15, 0.2) is 65.6 Å². The van der Waals surface area contributed by atoms with Gasteiger partial charge in [0.05, 0.1) is 16.6 Å². The Labute approximate surface area is 155 Å². The quantitative estimate of drug-likeness (QED) is 0.799. The molecule has 2 fully saturated rings. The van der Waals surface area contributed by atoms with Crippen LogP contribution in [0.25, 0.3) is 0 Å². The van der Waals surface area contributed by atoms with Crippen molar-refractivity contribution in [2.75, 3.05) is 4.31 Å². The van der Waals surface area contributed by atoms with E-state index in [0.29, 0.717) is 18.5 Å². The van der Waals surface area contributed by atoms with Crippen molar-refractivity contribution in [3.8, 4) is 0 Å². The SMILES string of the molecule is O=S1O[C@H]2[C@H](N(c3ccccc3)S(=O)(=O)c3ccccc3)CCC[C@H]2O1. The van der Waals surface area contributed by atoms with Gasteiger partial charge in [-0.3, -0.25) is 12.7 Å². The molecule has 4 atom stereocenters. The molecule has 2 aromatic carbocycles. The Hall–Kier alpha value is -1.74. The lowest BCUT2D eigenvalue weighted by Crippen LogP contribution is -2.52. The van der Waals surface area contributed by atoms with Crippen LogP contribution in [0.3, 0.4) is 0 Å². The van der Waals surface area contributed by atoms with Crippen molar-refractivity contribution in [1.29, 1.82) is 0 Å². The van der Waals surface area contributed by atoms with Gasteiger partial charge in [0.2, 0.25) is 0 Å². The van der Waals surface area contributed by atoms with Gasteiger partial charge in [0.25, 0.3) is 10.0 Å². The van der Waals surface area contributed by atoms with Crippen LogP contribution in [0.5, 0.6) is 0 Å². The molecule has 0 bridgehead atoms. The van der Waals surface area contributed by atoms with Gasteiger partial charge in [-0.25, -0.2) is 8.42 Å². The third kappa shape index (κ3) is 3.18. The molecule has 1 saturated carbocycles. The summed E-state index contributed by atoms with van der Waals surface area (Å²) < 4.78 is 50.8. The van der Waals surface area contributed by atoms with E-state index in [1.54, 1.807) is 54.6 Å². The van der Waals surface area contributed by atoms with Crippen LogP contribution in [0.2, 0.25) is 0 Å².